The lowest BCUT2D eigenvalue weighted by Gasteiger charge is -1.77. The molecule has 0 aliphatic carbocycles. The third kappa shape index (κ3) is 1.09. The van der Waals surface area contributed by atoms with Crippen molar-refractivity contribution >= 4 is 27.3 Å². The predicted octanol–water partition coefficient (Wildman–Crippen LogP) is 2.52. The molecule has 8 heavy (non-hydrogen) atoms. The van der Waals surface area contributed by atoms with Gasteiger partial charge in [-0.3, -0.25) is 0 Å². The van der Waals surface area contributed by atoms with Crippen LogP contribution in [0.25, 0.3) is 0 Å². The first-order valence-electron chi connectivity index (χ1n) is 2.29. The molecule has 0 aliphatic heterocycles. The van der Waals surface area contributed by atoms with Crippen LogP contribution < -0.4 is 0 Å². The van der Waals surface area contributed by atoms with Crippen LogP contribution in [0.5, 0.6) is 0 Å². The van der Waals surface area contributed by atoms with Gasteiger partial charge in [-0.25, -0.2) is 4.98 Å². The second-order valence-electron chi connectivity index (χ2n) is 1.61. The average molecular weight is 192 g/mol. The highest BCUT2D eigenvalue weighted by Crippen LogP contribution is 2.20. The fraction of sp³-hybridized carbons (Fsp3) is 0.400. The highest BCUT2D eigenvalue weighted by Gasteiger charge is 1.97. The van der Waals surface area contributed by atoms with Crippen LogP contribution >= 0.6 is 27.3 Å². The number of aryl methyl sites for hydroxylation is 2. The predicted molar refractivity (Wildman–Crippen MR) is 39.3 cm³/mol. The largest absolute Gasteiger partial charge is 0.234 e. The van der Waals surface area contributed by atoms with Gasteiger partial charge < -0.3 is 0 Å². The second-order valence-corrected chi connectivity index (χ2v) is 4.09. The van der Waals surface area contributed by atoms with Gasteiger partial charge in [0.1, 0.15) is 0 Å². The molecule has 0 saturated heterocycles. The van der Waals surface area contributed by atoms with Crippen LogP contribution in [0.4, 0.5) is 0 Å². The zero-order valence-corrected chi connectivity index (χ0v) is 7.14. The van der Waals surface area contributed by atoms with Crippen molar-refractivity contribution in [1.29, 1.82) is 0 Å². The van der Waals surface area contributed by atoms with Crippen molar-refractivity contribution in [3.8, 4) is 0 Å². The van der Waals surface area contributed by atoms with Gasteiger partial charge in [-0.05, 0) is 29.8 Å². The van der Waals surface area contributed by atoms with E-state index in [-0.39, 0.29) is 0 Å². The van der Waals surface area contributed by atoms with Gasteiger partial charge in [0.05, 0.1) is 5.69 Å². The first kappa shape index (κ1) is 6.23. The van der Waals surface area contributed by atoms with Crippen LogP contribution in [-0.2, 0) is 0 Å². The topological polar surface area (TPSA) is 12.9 Å². The van der Waals surface area contributed by atoms with Crippen LogP contribution in [0.2, 0.25) is 0 Å². The summed E-state index contributed by atoms with van der Waals surface area (Å²) in [6.07, 6.45) is 0. The van der Waals surface area contributed by atoms with Crippen molar-refractivity contribution in [2.45, 2.75) is 13.8 Å². The van der Waals surface area contributed by atoms with Crippen molar-refractivity contribution in [3.05, 3.63) is 14.5 Å². The molecule has 3 heteroatoms. The van der Waals surface area contributed by atoms with Crippen LogP contribution in [0.15, 0.2) is 3.92 Å². The molecule has 0 bridgehead atoms. The van der Waals surface area contributed by atoms with E-state index in [9.17, 15) is 0 Å². The van der Waals surface area contributed by atoms with Gasteiger partial charge in [0.15, 0.2) is 3.92 Å². The summed E-state index contributed by atoms with van der Waals surface area (Å²) in [5.41, 5.74) is 1.13. The fourth-order valence-corrected chi connectivity index (χ4v) is 2.06. The average Bonchev–Trinajstić information content (AvgIpc) is 1.85. The molecule has 0 atom stereocenters. The highest BCUT2D eigenvalue weighted by atomic mass is 79.9. The summed E-state index contributed by atoms with van der Waals surface area (Å²) in [5, 5.41) is 0. The first-order valence-corrected chi connectivity index (χ1v) is 3.90. The molecule has 0 saturated carbocycles. The number of nitrogens with zero attached hydrogens (tertiary/aromatic N) is 1. The summed E-state index contributed by atoms with van der Waals surface area (Å²) in [7, 11) is 0. The lowest BCUT2D eigenvalue weighted by Crippen LogP contribution is -1.69. The number of aromatic nitrogens is 1. The minimum Gasteiger partial charge on any atom is -0.234 e. The molecule has 0 unspecified atom stereocenters. The molecular formula is C5H6BrNS. The van der Waals surface area contributed by atoms with E-state index in [1.54, 1.807) is 11.3 Å². The Morgan fingerprint density at radius 1 is 1.50 bits per heavy atom. The Kier molecular flexibility index (Phi) is 1.68. The summed E-state index contributed by atoms with van der Waals surface area (Å²) < 4.78 is 0.979. The lowest BCUT2D eigenvalue weighted by molar-refractivity contribution is 1.21. The van der Waals surface area contributed by atoms with Crippen molar-refractivity contribution in [3.63, 3.8) is 0 Å². The summed E-state index contributed by atoms with van der Waals surface area (Å²) >= 11 is 4.97. The monoisotopic (exact) mass is 191 g/mol. The molecule has 0 fully saturated rings. The number of hydrogen-bond acceptors (Lipinski definition) is 2. The van der Waals surface area contributed by atoms with Crippen LogP contribution in [0, 0.1) is 13.8 Å². The number of thiazole rings is 1. The van der Waals surface area contributed by atoms with Gasteiger partial charge in [0.25, 0.3) is 0 Å². The summed E-state index contributed by atoms with van der Waals surface area (Å²) in [6, 6.07) is 0. The molecule has 0 amide bonds. The Bertz CT molecular complexity index is 175. The number of halogens is 1. The van der Waals surface area contributed by atoms with Crippen LogP contribution in [0.3, 0.4) is 0 Å². The van der Waals surface area contributed by atoms with E-state index in [1.807, 2.05) is 6.92 Å². The smallest absolute Gasteiger partial charge is 0.159 e. The quantitative estimate of drug-likeness (QED) is 0.615. The van der Waals surface area contributed by atoms with E-state index in [4.69, 9.17) is 0 Å². The van der Waals surface area contributed by atoms with Crippen LogP contribution in [-0.4, -0.2) is 4.98 Å². The summed E-state index contributed by atoms with van der Waals surface area (Å²) in [4.78, 5) is 5.43. The maximum absolute atomic E-state index is 4.15. The molecule has 0 radical (unpaired) electrons. The van der Waals surface area contributed by atoms with Gasteiger partial charge in [-0.2, -0.15) is 0 Å². The molecule has 1 heterocycles. The van der Waals surface area contributed by atoms with E-state index < -0.39 is 0 Å². The molecule has 0 N–H and O–H groups in total. The van der Waals surface area contributed by atoms with Crippen molar-refractivity contribution in [2.24, 2.45) is 0 Å². The standard InChI is InChI=1S/C5H6BrNS/c1-3-4(2)8-5(6)7-3/h1-2H3. The second kappa shape index (κ2) is 2.15. The number of rotatable bonds is 0. The van der Waals surface area contributed by atoms with Crippen molar-refractivity contribution < 1.29 is 0 Å². The Labute approximate surface area is 60.9 Å². The third-order valence-corrected chi connectivity index (χ3v) is 2.53. The molecule has 1 rings (SSSR count). The SMILES string of the molecule is Cc1nc(Br)sc1C. The summed E-state index contributed by atoms with van der Waals surface area (Å²) in [6.45, 7) is 4.08. The zero-order valence-electron chi connectivity index (χ0n) is 4.73. The molecule has 0 spiro atoms. The highest BCUT2D eigenvalue weighted by molar-refractivity contribution is 9.11. The minimum absolute atomic E-state index is 0.979. The maximum atomic E-state index is 4.15. The lowest BCUT2D eigenvalue weighted by atomic mass is 10.4. The molecule has 1 nitrogen and oxygen atoms in total. The summed E-state index contributed by atoms with van der Waals surface area (Å²) in [5.74, 6) is 0. The van der Waals surface area contributed by atoms with Gasteiger partial charge >= 0.3 is 0 Å². The van der Waals surface area contributed by atoms with E-state index in [1.165, 1.54) is 4.88 Å². The molecular weight excluding hydrogens is 186 g/mol. The van der Waals surface area contributed by atoms with Crippen molar-refractivity contribution in [1.82, 2.24) is 4.98 Å². The minimum atomic E-state index is 0.979. The Hall–Kier alpha value is 0.110. The fourth-order valence-electron chi connectivity index (χ4n) is 0.434. The Balaban J connectivity index is 3.14. The zero-order chi connectivity index (χ0) is 6.15. The van der Waals surface area contributed by atoms with Gasteiger partial charge in [0, 0.05) is 4.88 Å². The van der Waals surface area contributed by atoms with E-state index in [2.05, 4.69) is 27.8 Å². The number of hydrogen-bond donors (Lipinski definition) is 0. The van der Waals surface area contributed by atoms with E-state index >= 15 is 0 Å². The van der Waals surface area contributed by atoms with E-state index in [0.717, 1.165) is 9.61 Å². The van der Waals surface area contributed by atoms with E-state index in [0.29, 0.717) is 0 Å². The van der Waals surface area contributed by atoms with Gasteiger partial charge in [-0.1, -0.05) is 0 Å². The molecule has 0 aromatic carbocycles. The maximum Gasteiger partial charge on any atom is 0.159 e. The van der Waals surface area contributed by atoms with Crippen molar-refractivity contribution in [2.75, 3.05) is 0 Å². The molecule has 44 valence electrons. The Morgan fingerprint density at radius 3 is 2.25 bits per heavy atom. The molecule has 1 aromatic rings. The van der Waals surface area contributed by atoms with Gasteiger partial charge in [0.2, 0.25) is 0 Å². The van der Waals surface area contributed by atoms with Gasteiger partial charge in [-0.15, -0.1) is 11.3 Å². The Morgan fingerprint density at radius 2 is 2.12 bits per heavy atom. The van der Waals surface area contributed by atoms with Crippen LogP contribution in [0.1, 0.15) is 10.6 Å². The first-order chi connectivity index (χ1) is 3.70. The molecule has 1 aromatic heterocycles. The molecule has 0 aliphatic rings. The third-order valence-electron chi connectivity index (χ3n) is 1.00. The normalized spacial score (nSPS) is 9.88.